The molecule has 4 rings (SSSR count). The van der Waals surface area contributed by atoms with Crippen molar-refractivity contribution in [2.75, 3.05) is 0 Å². The van der Waals surface area contributed by atoms with Crippen LogP contribution in [0.4, 0.5) is 0 Å². The summed E-state index contributed by atoms with van der Waals surface area (Å²) in [5.41, 5.74) is 4.18. The molecule has 28 heavy (non-hydrogen) atoms. The second-order valence-electron chi connectivity index (χ2n) is 8.41. The molecule has 6 nitrogen and oxygen atoms in total. The monoisotopic (exact) mass is 378 g/mol. The number of benzene rings is 1. The van der Waals surface area contributed by atoms with Gasteiger partial charge in [0.25, 0.3) is 5.91 Å². The third-order valence-corrected chi connectivity index (χ3v) is 5.35. The zero-order valence-corrected chi connectivity index (χ0v) is 16.8. The fraction of sp³-hybridized carbons (Fsp3) is 0.409. The number of nitrogens with zero attached hydrogens (tertiary/aromatic N) is 3. The van der Waals surface area contributed by atoms with E-state index in [0.29, 0.717) is 17.3 Å². The van der Waals surface area contributed by atoms with E-state index in [0.717, 1.165) is 24.9 Å². The molecule has 1 atom stereocenters. The van der Waals surface area contributed by atoms with E-state index in [4.69, 9.17) is 4.42 Å². The van der Waals surface area contributed by atoms with Crippen molar-refractivity contribution in [1.82, 2.24) is 20.1 Å². The van der Waals surface area contributed by atoms with E-state index >= 15 is 0 Å². The van der Waals surface area contributed by atoms with Gasteiger partial charge in [-0.2, -0.15) is 5.10 Å². The minimum Gasteiger partial charge on any atom is -0.436 e. The Bertz CT molecular complexity index is 1000. The number of hydrogen-bond donors (Lipinski definition) is 1. The maximum atomic E-state index is 12.8. The van der Waals surface area contributed by atoms with Crippen LogP contribution in [0.2, 0.25) is 0 Å². The van der Waals surface area contributed by atoms with Gasteiger partial charge in [0.15, 0.2) is 5.89 Å². The van der Waals surface area contributed by atoms with Gasteiger partial charge in [0.1, 0.15) is 0 Å². The third kappa shape index (κ3) is 3.59. The number of hydrogen-bond acceptors (Lipinski definition) is 4. The molecule has 1 amide bonds. The smallest absolute Gasteiger partial charge is 0.289 e. The van der Waals surface area contributed by atoms with E-state index < -0.39 is 0 Å². The maximum Gasteiger partial charge on any atom is 0.289 e. The van der Waals surface area contributed by atoms with Crippen molar-refractivity contribution >= 4 is 5.91 Å². The SMILES string of the molecule is Cc1nc(C)c(C(=O)N[C@H]2CC(C)(C)Cc3c2cnn3Cc2ccccc2)o1. The second kappa shape index (κ2) is 6.93. The van der Waals surface area contributed by atoms with Gasteiger partial charge in [-0.05, 0) is 30.7 Å². The zero-order valence-electron chi connectivity index (χ0n) is 16.8. The van der Waals surface area contributed by atoms with E-state index in [9.17, 15) is 4.79 Å². The quantitative estimate of drug-likeness (QED) is 0.745. The Hall–Kier alpha value is -2.89. The highest BCUT2D eigenvalue weighted by Crippen LogP contribution is 2.41. The number of rotatable bonds is 4. The van der Waals surface area contributed by atoms with Gasteiger partial charge in [0, 0.05) is 18.2 Å². The first-order valence-corrected chi connectivity index (χ1v) is 9.66. The number of carbonyl (C=O) groups is 1. The lowest BCUT2D eigenvalue weighted by Gasteiger charge is -2.35. The molecule has 3 aromatic rings. The highest BCUT2D eigenvalue weighted by Gasteiger charge is 2.36. The fourth-order valence-electron chi connectivity index (χ4n) is 4.08. The van der Waals surface area contributed by atoms with Gasteiger partial charge in [0.2, 0.25) is 5.76 Å². The van der Waals surface area contributed by atoms with Crippen molar-refractivity contribution < 1.29 is 9.21 Å². The molecule has 6 heteroatoms. The van der Waals surface area contributed by atoms with Crippen LogP contribution in [-0.4, -0.2) is 20.7 Å². The largest absolute Gasteiger partial charge is 0.436 e. The van der Waals surface area contributed by atoms with Crippen molar-refractivity contribution in [3.05, 3.63) is 70.7 Å². The minimum absolute atomic E-state index is 0.0613. The molecule has 0 spiro atoms. The number of aryl methyl sites for hydroxylation is 2. The average Bonchev–Trinajstić information content (AvgIpc) is 3.17. The molecule has 0 fully saturated rings. The third-order valence-electron chi connectivity index (χ3n) is 5.35. The Balaban J connectivity index is 1.62. The lowest BCUT2D eigenvalue weighted by Crippen LogP contribution is -2.37. The predicted octanol–water partition coefficient (Wildman–Crippen LogP) is 3.98. The summed E-state index contributed by atoms with van der Waals surface area (Å²) in [7, 11) is 0. The van der Waals surface area contributed by atoms with Crippen LogP contribution in [0.15, 0.2) is 40.9 Å². The first-order chi connectivity index (χ1) is 13.3. The predicted molar refractivity (Wildman–Crippen MR) is 106 cm³/mol. The molecule has 2 aromatic heterocycles. The number of aromatic nitrogens is 3. The first kappa shape index (κ1) is 18.5. The Morgan fingerprint density at radius 1 is 1.29 bits per heavy atom. The zero-order chi connectivity index (χ0) is 19.9. The lowest BCUT2D eigenvalue weighted by molar-refractivity contribution is 0.0888. The first-order valence-electron chi connectivity index (χ1n) is 9.66. The molecule has 146 valence electrons. The summed E-state index contributed by atoms with van der Waals surface area (Å²) in [6.45, 7) is 8.74. The van der Waals surface area contributed by atoms with Crippen LogP contribution >= 0.6 is 0 Å². The van der Waals surface area contributed by atoms with Crippen molar-refractivity contribution in [3.63, 3.8) is 0 Å². The van der Waals surface area contributed by atoms with Crippen LogP contribution in [-0.2, 0) is 13.0 Å². The molecule has 2 heterocycles. The molecule has 1 aliphatic rings. The molecule has 0 radical (unpaired) electrons. The van der Waals surface area contributed by atoms with Crippen LogP contribution in [0.5, 0.6) is 0 Å². The van der Waals surface area contributed by atoms with Gasteiger partial charge in [-0.25, -0.2) is 4.98 Å². The van der Waals surface area contributed by atoms with Crippen molar-refractivity contribution in [3.8, 4) is 0 Å². The summed E-state index contributed by atoms with van der Waals surface area (Å²) in [4.78, 5) is 17.0. The van der Waals surface area contributed by atoms with Crippen molar-refractivity contribution in [2.24, 2.45) is 5.41 Å². The van der Waals surface area contributed by atoms with Crippen LogP contribution in [0.25, 0.3) is 0 Å². The highest BCUT2D eigenvalue weighted by molar-refractivity contribution is 5.92. The number of carbonyl (C=O) groups excluding carboxylic acids is 1. The second-order valence-corrected chi connectivity index (χ2v) is 8.41. The molecule has 1 N–H and O–H groups in total. The molecule has 1 aromatic carbocycles. The summed E-state index contributed by atoms with van der Waals surface area (Å²) in [6, 6.07) is 10.2. The summed E-state index contributed by atoms with van der Waals surface area (Å²) in [5.74, 6) is 0.574. The number of amides is 1. The van der Waals surface area contributed by atoms with Crippen LogP contribution in [0.3, 0.4) is 0 Å². The Morgan fingerprint density at radius 2 is 2.04 bits per heavy atom. The summed E-state index contributed by atoms with van der Waals surface area (Å²) in [5, 5.41) is 7.79. The number of oxazole rings is 1. The van der Waals surface area contributed by atoms with Gasteiger partial charge >= 0.3 is 0 Å². The standard InChI is InChI=1S/C22H26N4O2/c1-14-20(28-15(2)24-14)21(27)25-18-10-22(3,4)11-19-17(18)12-23-26(19)13-16-8-6-5-7-9-16/h5-9,12,18H,10-11,13H2,1-4H3,(H,25,27)/t18-/m0/s1. The van der Waals surface area contributed by atoms with Crippen molar-refractivity contribution in [2.45, 2.75) is 53.1 Å². The number of nitrogens with one attached hydrogen (secondary N) is 1. The van der Waals surface area contributed by atoms with Crippen LogP contribution < -0.4 is 5.32 Å². The lowest BCUT2D eigenvalue weighted by atomic mass is 9.74. The molecular weight excluding hydrogens is 352 g/mol. The molecule has 1 aliphatic carbocycles. The summed E-state index contributed by atoms with van der Waals surface area (Å²) >= 11 is 0. The van der Waals surface area contributed by atoms with E-state index in [1.165, 1.54) is 11.3 Å². The number of fused-ring (bicyclic) bond motifs is 1. The van der Waals surface area contributed by atoms with E-state index in [-0.39, 0.29) is 17.4 Å². The van der Waals surface area contributed by atoms with Crippen LogP contribution in [0, 0.1) is 19.3 Å². The molecule has 0 aliphatic heterocycles. The van der Waals surface area contributed by atoms with Gasteiger partial charge in [-0.1, -0.05) is 44.2 Å². The summed E-state index contributed by atoms with van der Waals surface area (Å²) in [6.07, 6.45) is 3.69. The molecule has 0 saturated heterocycles. The fourth-order valence-corrected chi connectivity index (χ4v) is 4.08. The summed E-state index contributed by atoms with van der Waals surface area (Å²) < 4.78 is 7.56. The van der Waals surface area contributed by atoms with Gasteiger partial charge in [-0.15, -0.1) is 0 Å². The van der Waals surface area contributed by atoms with Gasteiger partial charge in [-0.3, -0.25) is 9.48 Å². The minimum atomic E-state index is -0.220. The molecule has 0 saturated carbocycles. The van der Waals surface area contributed by atoms with Crippen molar-refractivity contribution in [1.29, 1.82) is 0 Å². The maximum absolute atomic E-state index is 12.8. The Kier molecular flexibility index (Phi) is 4.57. The van der Waals surface area contributed by atoms with Crippen LogP contribution in [0.1, 0.15) is 65.3 Å². The topological polar surface area (TPSA) is 73.0 Å². The average molecular weight is 378 g/mol. The molecular formula is C22H26N4O2. The highest BCUT2D eigenvalue weighted by atomic mass is 16.4. The Morgan fingerprint density at radius 3 is 2.71 bits per heavy atom. The normalized spacial score (nSPS) is 17.9. The molecule has 0 bridgehead atoms. The van der Waals surface area contributed by atoms with E-state index in [1.807, 2.05) is 24.4 Å². The molecule has 0 unspecified atom stereocenters. The van der Waals surface area contributed by atoms with Gasteiger partial charge < -0.3 is 9.73 Å². The van der Waals surface area contributed by atoms with Gasteiger partial charge in [0.05, 0.1) is 24.5 Å². The van der Waals surface area contributed by atoms with E-state index in [2.05, 4.69) is 46.1 Å². The Labute approximate surface area is 165 Å². The van der Waals surface area contributed by atoms with E-state index in [1.54, 1.807) is 13.8 Å².